The molecule has 0 bridgehead atoms. The Labute approximate surface area is 103 Å². The molecule has 2 aromatic heterocycles. The van der Waals surface area contributed by atoms with Gasteiger partial charge in [-0.3, -0.25) is 25.3 Å². The summed E-state index contributed by atoms with van der Waals surface area (Å²) in [7, 11) is 0. The van der Waals surface area contributed by atoms with Crippen molar-refractivity contribution >= 4 is 17.9 Å². The Bertz CT molecular complexity index is 740. The van der Waals surface area contributed by atoms with Gasteiger partial charge in [0.2, 0.25) is 5.82 Å². The van der Waals surface area contributed by atoms with Crippen molar-refractivity contribution in [3.05, 3.63) is 48.8 Å². The van der Waals surface area contributed by atoms with Crippen molar-refractivity contribution in [2.75, 3.05) is 5.43 Å². The lowest BCUT2D eigenvalue weighted by atomic mass is 10.5. The van der Waals surface area contributed by atoms with Gasteiger partial charge in [0.15, 0.2) is 5.76 Å². The summed E-state index contributed by atoms with van der Waals surface area (Å²) in [5.74, 6) is -0.557. The van der Waals surface area contributed by atoms with Crippen molar-refractivity contribution < 1.29 is 9.34 Å². The maximum atomic E-state index is 11.2. The van der Waals surface area contributed by atoms with Gasteiger partial charge in [-0.15, -0.1) is 5.10 Å². The van der Waals surface area contributed by atoms with Crippen LogP contribution in [0.1, 0.15) is 5.76 Å². The number of anilines is 1. The zero-order valence-corrected chi connectivity index (χ0v) is 9.11. The molecule has 11 nitrogen and oxygen atoms in total. The van der Waals surface area contributed by atoms with Gasteiger partial charge in [-0.2, -0.15) is 5.10 Å². The third-order valence-corrected chi connectivity index (χ3v) is 1.87. The molecule has 0 aliphatic rings. The number of hydrazone groups is 1. The normalized spacial score (nSPS) is 10.7. The smallest absolute Gasteiger partial charge is 0.400 e. The molecule has 19 heavy (non-hydrogen) atoms. The molecule has 0 saturated heterocycles. The van der Waals surface area contributed by atoms with Gasteiger partial charge >= 0.3 is 11.6 Å². The van der Waals surface area contributed by atoms with E-state index in [9.17, 15) is 19.7 Å². The summed E-state index contributed by atoms with van der Waals surface area (Å²) in [6.45, 7) is 0. The van der Waals surface area contributed by atoms with E-state index in [0.29, 0.717) is 0 Å². The predicted octanol–water partition coefficient (Wildman–Crippen LogP) is -0.595. The largest absolute Gasteiger partial charge is 0.433 e. The van der Waals surface area contributed by atoms with Gasteiger partial charge in [0.05, 0.1) is 12.3 Å². The van der Waals surface area contributed by atoms with Gasteiger partial charge in [0, 0.05) is 0 Å². The van der Waals surface area contributed by atoms with Crippen LogP contribution in [0, 0.1) is 10.1 Å². The summed E-state index contributed by atoms with van der Waals surface area (Å²) >= 11 is 0. The molecule has 0 aromatic carbocycles. The Balaban J connectivity index is 2.09. The van der Waals surface area contributed by atoms with Crippen molar-refractivity contribution in [3.63, 3.8) is 0 Å². The minimum Gasteiger partial charge on any atom is -0.400 e. The lowest BCUT2D eigenvalue weighted by Crippen LogP contribution is -2.25. The lowest BCUT2D eigenvalue weighted by Gasteiger charge is -1.94. The number of furan rings is 1. The molecule has 0 fully saturated rings. The summed E-state index contributed by atoms with van der Waals surface area (Å²) in [5, 5.41) is 19.3. The molecular weight excluding hydrogens is 260 g/mol. The number of nitro groups is 1. The minimum atomic E-state index is -0.758. The number of nitrogens with zero attached hydrogens (tertiary/aromatic N) is 3. The van der Waals surface area contributed by atoms with Crippen molar-refractivity contribution in [1.82, 2.24) is 15.2 Å². The molecule has 0 spiro atoms. The van der Waals surface area contributed by atoms with Crippen LogP contribution < -0.4 is 16.7 Å². The number of rotatable bonds is 4. The third kappa shape index (κ3) is 2.91. The molecule has 0 radical (unpaired) electrons. The first-order valence-electron chi connectivity index (χ1n) is 4.78. The fourth-order valence-corrected chi connectivity index (χ4v) is 1.09. The topological polar surface area (TPSA) is 159 Å². The lowest BCUT2D eigenvalue weighted by molar-refractivity contribution is -0.402. The molecule has 0 aliphatic carbocycles. The van der Waals surface area contributed by atoms with E-state index in [1.807, 2.05) is 10.1 Å². The Morgan fingerprint density at radius 1 is 1.47 bits per heavy atom. The predicted molar refractivity (Wildman–Crippen MR) is 62.1 cm³/mol. The maximum Gasteiger partial charge on any atom is 0.433 e. The Kier molecular flexibility index (Phi) is 3.18. The minimum absolute atomic E-state index is 0.111. The first-order chi connectivity index (χ1) is 9.06. The molecule has 2 heterocycles. The number of nitrogens with one attached hydrogen (secondary N) is 3. The molecule has 0 aliphatic heterocycles. The van der Waals surface area contributed by atoms with Crippen molar-refractivity contribution in [3.8, 4) is 0 Å². The number of aromatic nitrogens is 3. The monoisotopic (exact) mass is 266 g/mol. The average Bonchev–Trinajstić information content (AvgIpc) is 2.81. The van der Waals surface area contributed by atoms with E-state index in [1.165, 1.54) is 6.07 Å². The first-order valence-corrected chi connectivity index (χ1v) is 4.78. The van der Waals surface area contributed by atoms with Crippen molar-refractivity contribution in [2.24, 2.45) is 5.10 Å². The summed E-state index contributed by atoms with van der Waals surface area (Å²) in [5.41, 5.74) is 0.735. The van der Waals surface area contributed by atoms with Crippen LogP contribution >= 0.6 is 0 Å². The zero-order chi connectivity index (χ0) is 13.8. The molecule has 3 N–H and O–H groups in total. The fourth-order valence-electron chi connectivity index (χ4n) is 1.09. The fraction of sp³-hybridized carbons (Fsp3) is 0. The van der Waals surface area contributed by atoms with Gasteiger partial charge < -0.3 is 4.42 Å². The highest BCUT2D eigenvalue weighted by atomic mass is 16.6. The van der Waals surface area contributed by atoms with Crippen molar-refractivity contribution in [1.29, 1.82) is 0 Å². The Morgan fingerprint density at radius 3 is 2.89 bits per heavy atom. The summed E-state index contributed by atoms with van der Waals surface area (Å²) in [4.78, 5) is 33.5. The maximum absolute atomic E-state index is 11.2. The molecular formula is C8H6N6O5. The standard InChI is InChI=1S/C8H6N6O5/c15-7-6(12-13-8(16)10-7)11-9-3-4-1-2-5(19-4)14(17)18/h1-3H,(H,11,12)(H2,10,13,15,16). The second-order valence-electron chi connectivity index (χ2n) is 3.16. The van der Waals surface area contributed by atoms with E-state index in [0.717, 1.165) is 12.3 Å². The van der Waals surface area contributed by atoms with Crippen LogP contribution in [-0.2, 0) is 0 Å². The van der Waals surface area contributed by atoms with Crippen LogP contribution in [-0.4, -0.2) is 26.3 Å². The SMILES string of the molecule is O=c1[nH]nc(NN=Cc2ccc([N+](=O)[O-])o2)c(=O)[nH]1. The molecule has 0 unspecified atom stereocenters. The second-order valence-corrected chi connectivity index (χ2v) is 3.16. The second kappa shape index (κ2) is 4.95. The van der Waals surface area contributed by atoms with Gasteiger partial charge in [0.1, 0.15) is 4.92 Å². The van der Waals surface area contributed by atoms with E-state index in [1.54, 1.807) is 0 Å². The van der Waals surface area contributed by atoms with Crippen LogP contribution in [0.3, 0.4) is 0 Å². The van der Waals surface area contributed by atoms with Gasteiger partial charge in [-0.05, 0) is 6.07 Å². The summed E-state index contributed by atoms with van der Waals surface area (Å²) < 4.78 is 4.78. The van der Waals surface area contributed by atoms with E-state index in [2.05, 4.69) is 15.6 Å². The molecule has 2 aromatic rings. The van der Waals surface area contributed by atoms with E-state index < -0.39 is 22.1 Å². The highest BCUT2D eigenvalue weighted by molar-refractivity contribution is 5.76. The van der Waals surface area contributed by atoms with Crippen LogP contribution in [0.4, 0.5) is 11.7 Å². The van der Waals surface area contributed by atoms with E-state index >= 15 is 0 Å². The van der Waals surface area contributed by atoms with Gasteiger partial charge in [0.25, 0.3) is 5.56 Å². The van der Waals surface area contributed by atoms with Gasteiger partial charge in [-0.1, -0.05) is 0 Å². The van der Waals surface area contributed by atoms with E-state index in [4.69, 9.17) is 4.42 Å². The molecule has 0 saturated carbocycles. The molecule has 2 rings (SSSR count). The Hall–Kier alpha value is -3.24. The molecule has 11 heteroatoms. The summed E-state index contributed by atoms with van der Waals surface area (Å²) in [6, 6.07) is 2.49. The Morgan fingerprint density at radius 2 is 2.26 bits per heavy atom. The number of hydrogen-bond acceptors (Lipinski definition) is 8. The number of hydrogen-bond donors (Lipinski definition) is 3. The average molecular weight is 266 g/mol. The molecule has 98 valence electrons. The summed E-state index contributed by atoms with van der Waals surface area (Å²) in [6.07, 6.45) is 1.11. The van der Waals surface area contributed by atoms with E-state index in [-0.39, 0.29) is 11.6 Å². The van der Waals surface area contributed by atoms with Gasteiger partial charge in [-0.25, -0.2) is 9.89 Å². The van der Waals surface area contributed by atoms with Crippen LogP contribution in [0.25, 0.3) is 0 Å². The van der Waals surface area contributed by atoms with Crippen molar-refractivity contribution in [2.45, 2.75) is 0 Å². The quantitative estimate of drug-likeness (QED) is 0.378. The van der Waals surface area contributed by atoms with Crippen LogP contribution in [0.5, 0.6) is 0 Å². The number of H-pyrrole nitrogens is 2. The first kappa shape index (κ1) is 12.2. The number of aromatic amines is 2. The molecule has 0 amide bonds. The zero-order valence-electron chi connectivity index (χ0n) is 9.11. The van der Waals surface area contributed by atoms with Crippen LogP contribution in [0.2, 0.25) is 0 Å². The molecule has 0 atom stereocenters. The highest BCUT2D eigenvalue weighted by Gasteiger charge is 2.10. The highest BCUT2D eigenvalue weighted by Crippen LogP contribution is 2.13. The van der Waals surface area contributed by atoms with Crippen LogP contribution in [0.15, 0.2) is 31.2 Å². The third-order valence-electron chi connectivity index (χ3n) is 1.87.